The molecule has 3 rings (SSSR count). The molecule has 0 N–H and O–H groups in total. The van der Waals surface area contributed by atoms with E-state index in [9.17, 15) is 0 Å². The van der Waals surface area contributed by atoms with Crippen LogP contribution in [0.1, 0.15) is 197 Å². The van der Waals surface area contributed by atoms with Crippen LogP contribution in [0.5, 0.6) is 0 Å². The molecule has 0 saturated heterocycles. The summed E-state index contributed by atoms with van der Waals surface area (Å²) < 4.78 is 0. The second-order valence-corrected chi connectivity index (χ2v) is 14.1. The summed E-state index contributed by atoms with van der Waals surface area (Å²) in [6.07, 6.45) is 38.0. The SMILES string of the molecule is CCCCCCCCCC1CCC(CCc2ccc(C3CCC(CCCCCCCCC)CC3)cc2C)CC1. The molecule has 0 radical (unpaired) electrons. The van der Waals surface area contributed by atoms with Crippen LogP contribution in [0, 0.1) is 24.7 Å². The second-order valence-electron chi connectivity index (χ2n) is 14.1. The molecule has 2 fully saturated rings. The lowest BCUT2D eigenvalue weighted by Crippen LogP contribution is -2.15. The van der Waals surface area contributed by atoms with E-state index in [1.807, 2.05) is 0 Å². The minimum absolute atomic E-state index is 0.828. The predicted molar refractivity (Wildman–Crippen MR) is 175 cm³/mol. The highest BCUT2D eigenvalue weighted by Gasteiger charge is 2.23. The minimum atomic E-state index is 0.828. The monoisotopic (exact) mass is 537 g/mol. The summed E-state index contributed by atoms with van der Waals surface area (Å²) in [4.78, 5) is 0. The lowest BCUT2D eigenvalue weighted by atomic mass is 9.76. The summed E-state index contributed by atoms with van der Waals surface area (Å²) in [7, 11) is 0. The van der Waals surface area contributed by atoms with Crippen LogP contribution < -0.4 is 0 Å². The molecule has 0 bridgehead atoms. The highest BCUT2D eigenvalue weighted by atomic mass is 14.3. The van der Waals surface area contributed by atoms with Gasteiger partial charge in [-0.05, 0) is 85.8 Å². The lowest BCUT2D eigenvalue weighted by molar-refractivity contribution is 0.248. The smallest absolute Gasteiger partial charge is 0.0162 e. The van der Waals surface area contributed by atoms with E-state index in [-0.39, 0.29) is 0 Å². The summed E-state index contributed by atoms with van der Waals surface area (Å²) in [5.41, 5.74) is 4.86. The first-order valence-electron chi connectivity index (χ1n) is 18.3. The van der Waals surface area contributed by atoms with Crippen molar-refractivity contribution in [2.75, 3.05) is 0 Å². The van der Waals surface area contributed by atoms with Gasteiger partial charge in [-0.25, -0.2) is 0 Å². The molecule has 0 aromatic heterocycles. The van der Waals surface area contributed by atoms with Gasteiger partial charge in [0.2, 0.25) is 0 Å². The Morgan fingerprint density at radius 1 is 0.513 bits per heavy atom. The first-order chi connectivity index (χ1) is 19.2. The van der Waals surface area contributed by atoms with Crippen molar-refractivity contribution >= 4 is 0 Å². The van der Waals surface area contributed by atoms with Gasteiger partial charge in [0.05, 0.1) is 0 Å². The van der Waals surface area contributed by atoms with Crippen molar-refractivity contribution in [3.05, 3.63) is 34.9 Å². The van der Waals surface area contributed by atoms with Crippen LogP contribution in [0.15, 0.2) is 18.2 Å². The molecular formula is C39H68. The van der Waals surface area contributed by atoms with Gasteiger partial charge in [-0.2, -0.15) is 0 Å². The van der Waals surface area contributed by atoms with Crippen molar-refractivity contribution < 1.29 is 0 Å². The van der Waals surface area contributed by atoms with Gasteiger partial charge in [0.15, 0.2) is 0 Å². The topological polar surface area (TPSA) is 0 Å². The third-order valence-corrected chi connectivity index (χ3v) is 10.9. The van der Waals surface area contributed by atoms with E-state index >= 15 is 0 Å². The average Bonchev–Trinajstić information content (AvgIpc) is 2.96. The van der Waals surface area contributed by atoms with Gasteiger partial charge in [0.1, 0.15) is 0 Å². The summed E-state index contributed by atoms with van der Waals surface area (Å²) in [5, 5.41) is 0. The molecule has 224 valence electrons. The Balaban J connectivity index is 1.26. The standard InChI is InChI=1S/C39H68/c1-4-6-8-10-12-14-16-18-34-20-22-36(23-21-34)24-27-37-30-31-39(32-33(37)3)38-28-25-35(26-29-38)19-17-15-13-11-9-7-5-2/h30-32,34-36,38H,4-29H2,1-3H3. The summed E-state index contributed by atoms with van der Waals surface area (Å²) in [6, 6.07) is 7.61. The normalized spacial score (nSPS) is 23.8. The van der Waals surface area contributed by atoms with Crippen LogP contribution in [0.2, 0.25) is 0 Å². The van der Waals surface area contributed by atoms with Crippen LogP contribution >= 0.6 is 0 Å². The summed E-state index contributed by atoms with van der Waals surface area (Å²) in [5.74, 6) is 3.88. The van der Waals surface area contributed by atoms with Gasteiger partial charge in [0, 0.05) is 0 Å². The van der Waals surface area contributed by atoms with Crippen molar-refractivity contribution in [3.63, 3.8) is 0 Å². The van der Waals surface area contributed by atoms with Crippen molar-refractivity contribution in [1.82, 2.24) is 0 Å². The van der Waals surface area contributed by atoms with E-state index in [4.69, 9.17) is 0 Å². The van der Waals surface area contributed by atoms with Crippen molar-refractivity contribution in [2.45, 2.75) is 194 Å². The van der Waals surface area contributed by atoms with Crippen LogP contribution in [0.25, 0.3) is 0 Å². The van der Waals surface area contributed by atoms with E-state index in [2.05, 4.69) is 39.0 Å². The summed E-state index contributed by atoms with van der Waals surface area (Å²) in [6.45, 7) is 7.02. The fourth-order valence-electron chi connectivity index (χ4n) is 7.99. The molecule has 1 aromatic carbocycles. The maximum atomic E-state index is 2.58. The third kappa shape index (κ3) is 13.2. The zero-order valence-corrected chi connectivity index (χ0v) is 26.9. The van der Waals surface area contributed by atoms with Gasteiger partial charge in [-0.3, -0.25) is 0 Å². The molecule has 0 atom stereocenters. The molecule has 1 aromatic rings. The predicted octanol–water partition coefficient (Wildman–Crippen LogP) is 13.3. The molecule has 2 saturated carbocycles. The zero-order chi connectivity index (χ0) is 27.5. The van der Waals surface area contributed by atoms with E-state index in [1.54, 1.807) is 16.7 Å². The molecule has 0 spiro atoms. The van der Waals surface area contributed by atoms with Gasteiger partial charge in [-0.15, -0.1) is 0 Å². The molecule has 0 amide bonds. The zero-order valence-electron chi connectivity index (χ0n) is 26.9. The van der Waals surface area contributed by atoms with Crippen LogP contribution in [-0.2, 0) is 6.42 Å². The minimum Gasteiger partial charge on any atom is -0.0654 e. The Labute approximate surface area is 245 Å². The first kappa shape index (κ1) is 32.7. The van der Waals surface area contributed by atoms with Gasteiger partial charge in [-0.1, -0.05) is 160 Å². The maximum Gasteiger partial charge on any atom is -0.0162 e. The Morgan fingerprint density at radius 3 is 1.44 bits per heavy atom. The van der Waals surface area contributed by atoms with Crippen molar-refractivity contribution in [3.8, 4) is 0 Å². The van der Waals surface area contributed by atoms with E-state index < -0.39 is 0 Å². The quantitative estimate of drug-likeness (QED) is 0.145. The molecule has 0 heterocycles. The Kier molecular flexibility index (Phi) is 16.9. The largest absolute Gasteiger partial charge is 0.0654 e. The van der Waals surface area contributed by atoms with E-state index in [0.717, 1.165) is 23.7 Å². The van der Waals surface area contributed by atoms with Gasteiger partial charge in [0.25, 0.3) is 0 Å². The van der Waals surface area contributed by atoms with E-state index in [1.165, 1.54) is 167 Å². The van der Waals surface area contributed by atoms with Gasteiger partial charge < -0.3 is 0 Å². The Bertz CT molecular complexity index is 716. The molecule has 2 aliphatic carbocycles. The van der Waals surface area contributed by atoms with Crippen molar-refractivity contribution in [2.24, 2.45) is 17.8 Å². The molecule has 0 unspecified atom stereocenters. The van der Waals surface area contributed by atoms with Crippen LogP contribution in [0.4, 0.5) is 0 Å². The number of hydrogen-bond donors (Lipinski definition) is 0. The fourth-order valence-corrected chi connectivity index (χ4v) is 7.99. The maximum absolute atomic E-state index is 2.58. The second kappa shape index (κ2) is 20.2. The number of aryl methyl sites for hydroxylation is 2. The van der Waals surface area contributed by atoms with E-state index in [0.29, 0.717) is 0 Å². The van der Waals surface area contributed by atoms with Crippen LogP contribution in [0.3, 0.4) is 0 Å². The number of rotatable bonds is 20. The number of benzene rings is 1. The van der Waals surface area contributed by atoms with Gasteiger partial charge >= 0.3 is 0 Å². The highest BCUT2D eigenvalue weighted by molar-refractivity contribution is 5.33. The molecule has 39 heavy (non-hydrogen) atoms. The molecule has 2 aliphatic rings. The molecule has 0 nitrogen and oxygen atoms in total. The Hall–Kier alpha value is -0.780. The third-order valence-electron chi connectivity index (χ3n) is 10.9. The molecule has 0 aliphatic heterocycles. The molecule has 0 heteroatoms. The number of unbranched alkanes of at least 4 members (excludes halogenated alkanes) is 12. The van der Waals surface area contributed by atoms with Crippen molar-refractivity contribution in [1.29, 1.82) is 0 Å². The van der Waals surface area contributed by atoms with Crippen LogP contribution in [-0.4, -0.2) is 0 Å². The Morgan fingerprint density at radius 2 is 0.949 bits per heavy atom. The summed E-state index contributed by atoms with van der Waals surface area (Å²) >= 11 is 0. The lowest BCUT2D eigenvalue weighted by Gasteiger charge is -2.30. The highest BCUT2D eigenvalue weighted by Crippen LogP contribution is 2.39. The average molecular weight is 537 g/mol. The first-order valence-corrected chi connectivity index (χ1v) is 18.3. The number of hydrogen-bond acceptors (Lipinski definition) is 0. The molecular weight excluding hydrogens is 468 g/mol. The fraction of sp³-hybridized carbons (Fsp3) is 0.846.